The molecule has 5 rings (SSSR count). The first-order valence-corrected chi connectivity index (χ1v) is 16.6. The van der Waals surface area contributed by atoms with Gasteiger partial charge in [0.1, 0.15) is 18.8 Å². The van der Waals surface area contributed by atoms with Crippen LogP contribution >= 0.6 is 46.6 Å². The number of nitrogens with zero attached hydrogens (tertiary/aromatic N) is 4. The van der Waals surface area contributed by atoms with Crippen LogP contribution in [-0.2, 0) is 4.74 Å². The molecule has 0 bridgehead atoms. The number of para-hydroxylation sites is 1. The molecule has 0 atom stereocenters. The van der Waals surface area contributed by atoms with Crippen LogP contribution in [0.5, 0.6) is 0 Å². The quantitative estimate of drug-likeness (QED) is 0.138. The van der Waals surface area contributed by atoms with E-state index in [0.29, 0.717) is 34.9 Å². The molecule has 0 spiro atoms. The number of amides is 2. The Hall–Kier alpha value is -4.09. The Balaban J connectivity index is 1.45. The van der Waals surface area contributed by atoms with Gasteiger partial charge in [-0.15, -0.1) is 0 Å². The number of nitrogens with one attached hydrogen (secondary N) is 2. The van der Waals surface area contributed by atoms with E-state index in [4.69, 9.17) is 44.5 Å². The molecule has 242 valence electrons. The lowest BCUT2D eigenvalue weighted by molar-refractivity contribution is 0.0988. The molecule has 0 fully saturated rings. The highest BCUT2D eigenvalue weighted by molar-refractivity contribution is 7.99. The number of fused-ring (bicyclic) bond motifs is 1. The number of ether oxygens (including phenoxy) is 1. The summed E-state index contributed by atoms with van der Waals surface area (Å²) in [5.41, 5.74) is 4.01. The van der Waals surface area contributed by atoms with Crippen molar-refractivity contribution in [2.24, 2.45) is 0 Å². The maximum atomic E-state index is 13.8. The fourth-order valence-corrected chi connectivity index (χ4v) is 5.64. The molecule has 0 saturated heterocycles. The van der Waals surface area contributed by atoms with E-state index in [1.165, 1.54) is 18.1 Å². The van der Waals surface area contributed by atoms with Crippen molar-refractivity contribution in [1.82, 2.24) is 15.0 Å². The van der Waals surface area contributed by atoms with Crippen LogP contribution in [0.15, 0.2) is 101 Å². The van der Waals surface area contributed by atoms with Crippen molar-refractivity contribution < 1.29 is 14.3 Å². The lowest BCUT2D eigenvalue weighted by Gasteiger charge is -2.22. The minimum absolute atomic E-state index is 0.133. The van der Waals surface area contributed by atoms with Gasteiger partial charge in [-0.3, -0.25) is 10.1 Å². The molecule has 2 amide bonds. The summed E-state index contributed by atoms with van der Waals surface area (Å²) in [5.74, 6) is 0.676. The minimum atomic E-state index is -1.70. The van der Waals surface area contributed by atoms with Crippen molar-refractivity contribution in [2.75, 3.05) is 28.7 Å². The fraction of sp³-hybridized carbons (Fsp3) is 0.206. The van der Waals surface area contributed by atoms with E-state index in [1.54, 1.807) is 17.0 Å². The van der Waals surface area contributed by atoms with Crippen molar-refractivity contribution in [3.63, 3.8) is 0 Å². The third-order valence-corrected chi connectivity index (χ3v) is 8.33. The van der Waals surface area contributed by atoms with E-state index < -0.39 is 9.89 Å². The van der Waals surface area contributed by atoms with Crippen LogP contribution in [0.1, 0.15) is 42.7 Å². The van der Waals surface area contributed by atoms with Gasteiger partial charge in [0.2, 0.25) is 3.79 Å². The monoisotopic (exact) mass is 708 g/mol. The van der Waals surface area contributed by atoms with Crippen molar-refractivity contribution in [3.8, 4) is 0 Å². The van der Waals surface area contributed by atoms with Gasteiger partial charge >= 0.3 is 6.09 Å². The smallest absolute Gasteiger partial charge is 0.411 e. The summed E-state index contributed by atoms with van der Waals surface area (Å²) in [4.78, 5) is 42.9. The Morgan fingerprint density at radius 2 is 1.70 bits per heavy atom. The number of hydrogen-bond donors (Lipinski definition) is 2. The number of carbonyl (C=O) groups is 2. The Labute approximate surface area is 292 Å². The SMILES string of the molecule is CCN(C(=O)c1ccc(Sc2ccc(NC(=O)OCC(Cl)(Cl)Cl)cc2)c(Nc2ncnc3nc(C(C)C)ccc23)c1)c1ccccc1. The molecule has 0 unspecified atom stereocenters. The Morgan fingerprint density at radius 1 is 0.957 bits per heavy atom. The molecular formula is C34H31Cl3N6O3S. The first kappa shape index (κ1) is 34.3. The molecule has 2 heterocycles. The molecule has 3 aromatic carbocycles. The number of hydrogen-bond acceptors (Lipinski definition) is 8. The van der Waals surface area contributed by atoms with Crippen LogP contribution in [0.2, 0.25) is 0 Å². The van der Waals surface area contributed by atoms with E-state index in [2.05, 4.69) is 34.4 Å². The Kier molecular flexibility index (Phi) is 11.1. The second-order valence-electron chi connectivity index (χ2n) is 10.6. The number of anilines is 4. The zero-order valence-electron chi connectivity index (χ0n) is 25.7. The van der Waals surface area contributed by atoms with Crippen molar-refractivity contribution in [2.45, 2.75) is 40.3 Å². The summed E-state index contributed by atoms with van der Waals surface area (Å²) in [5, 5.41) is 6.81. The average molecular weight is 710 g/mol. The number of alkyl halides is 3. The summed E-state index contributed by atoms with van der Waals surface area (Å²) in [6.45, 7) is 6.22. The maximum absolute atomic E-state index is 13.8. The van der Waals surface area contributed by atoms with Gasteiger partial charge in [0.25, 0.3) is 5.91 Å². The van der Waals surface area contributed by atoms with Crippen molar-refractivity contribution >= 4 is 92.5 Å². The number of halogens is 3. The largest absolute Gasteiger partial charge is 0.445 e. The predicted octanol–water partition coefficient (Wildman–Crippen LogP) is 9.63. The molecule has 13 heteroatoms. The number of carbonyl (C=O) groups excluding carboxylic acids is 2. The van der Waals surface area contributed by atoms with E-state index in [1.807, 2.05) is 79.7 Å². The summed E-state index contributed by atoms with van der Waals surface area (Å²) >= 11 is 18.4. The number of aromatic nitrogens is 3. The molecule has 9 nitrogen and oxygen atoms in total. The number of benzene rings is 3. The molecule has 0 aliphatic heterocycles. The van der Waals surface area contributed by atoms with Gasteiger partial charge in [-0.25, -0.2) is 19.7 Å². The molecule has 0 radical (unpaired) electrons. The summed E-state index contributed by atoms with van der Waals surface area (Å²) in [6.07, 6.45) is 0.731. The highest BCUT2D eigenvalue weighted by Crippen LogP contribution is 2.37. The summed E-state index contributed by atoms with van der Waals surface area (Å²) in [7, 11) is 0. The van der Waals surface area contributed by atoms with Crippen LogP contribution in [0.3, 0.4) is 0 Å². The third-order valence-electron chi connectivity index (χ3n) is 6.91. The topological polar surface area (TPSA) is 109 Å². The first-order chi connectivity index (χ1) is 22.5. The van der Waals surface area contributed by atoms with Crippen molar-refractivity contribution in [3.05, 3.63) is 103 Å². The van der Waals surface area contributed by atoms with Gasteiger partial charge in [-0.1, -0.05) is 78.6 Å². The van der Waals surface area contributed by atoms with Crippen molar-refractivity contribution in [1.29, 1.82) is 0 Å². The van der Waals surface area contributed by atoms with Gasteiger partial charge in [-0.05, 0) is 79.6 Å². The molecule has 2 N–H and O–H groups in total. The van der Waals surface area contributed by atoms with Gasteiger partial charge in [0.15, 0.2) is 5.65 Å². The van der Waals surface area contributed by atoms with Crippen LogP contribution in [0.25, 0.3) is 11.0 Å². The lowest BCUT2D eigenvalue weighted by Crippen LogP contribution is -2.30. The molecular weight excluding hydrogens is 679 g/mol. The number of pyridine rings is 1. The Bertz CT molecular complexity index is 1870. The van der Waals surface area contributed by atoms with Crippen LogP contribution in [0, 0.1) is 0 Å². The summed E-state index contributed by atoms with van der Waals surface area (Å²) in [6, 6.07) is 26.2. The fourth-order valence-electron chi connectivity index (χ4n) is 4.60. The van der Waals surface area contributed by atoms with Gasteiger partial charge in [0.05, 0.1) is 11.1 Å². The molecule has 5 aromatic rings. The van der Waals surface area contributed by atoms with Crippen LogP contribution in [-0.4, -0.2) is 43.9 Å². The highest BCUT2D eigenvalue weighted by atomic mass is 35.6. The van der Waals surface area contributed by atoms with E-state index in [0.717, 1.165) is 26.6 Å². The zero-order chi connectivity index (χ0) is 33.6. The highest BCUT2D eigenvalue weighted by Gasteiger charge is 2.22. The molecule has 0 saturated carbocycles. The molecule has 0 aliphatic rings. The zero-order valence-corrected chi connectivity index (χ0v) is 28.8. The standard InChI is InChI=1S/C34H31Cl3N6O3S/c1-4-43(24-8-6-5-7-9-24)32(44)22-10-17-29(47-25-13-11-23(12-14-25)40-33(45)46-19-34(35,36)37)28(18-22)42-31-26-15-16-27(21(2)3)41-30(26)38-20-39-31/h5-18,20-21H,4,19H2,1-3H3,(H,40,45)(H,38,39,41,42). The second kappa shape index (κ2) is 15.2. The van der Waals surface area contributed by atoms with Gasteiger partial charge < -0.3 is 15.0 Å². The van der Waals surface area contributed by atoms with Crippen LogP contribution in [0.4, 0.5) is 27.7 Å². The third kappa shape index (κ3) is 9.04. The maximum Gasteiger partial charge on any atom is 0.411 e. The molecule has 47 heavy (non-hydrogen) atoms. The van der Waals surface area contributed by atoms with E-state index in [-0.39, 0.29) is 18.4 Å². The second-order valence-corrected chi connectivity index (χ2v) is 14.3. The predicted molar refractivity (Wildman–Crippen MR) is 191 cm³/mol. The lowest BCUT2D eigenvalue weighted by atomic mass is 10.1. The average Bonchev–Trinajstić information content (AvgIpc) is 3.06. The van der Waals surface area contributed by atoms with E-state index in [9.17, 15) is 9.59 Å². The first-order valence-electron chi connectivity index (χ1n) is 14.7. The van der Waals surface area contributed by atoms with Gasteiger partial charge in [-0.2, -0.15) is 0 Å². The summed E-state index contributed by atoms with van der Waals surface area (Å²) < 4.78 is 3.23. The number of rotatable bonds is 10. The van der Waals surface area contributed by atoms with E-state index >= 15 is 0 Å². The van der Waals surface area contributed by atoms with Gasteiger partial charge in [0, 0.05) is 39.0 Å². The molecule has 2 aromatic heterocycles. The Morgan fingerprint density at radius 3 is 2.38 bits per heavy atom. The molecule has 0 aliphatic carbocycles. The minimum Gasteiger partial charge on any atom is -0.445 e. The van der Waals surface area contributed by atoms with Crippen LogP contribution < -0.4 is 15.5 Å². The normalized spacial score (nSPS) is 11.4.